The van der Waals surface area contributed by atoms with Crippen LogP contribution in [0.25, 0.3) is 0 Å². The average molecular weight is 296 g/mol. The van der Waals surface area contributed by atoms with Gasteiger partial charge in [-0.2, -0.15) is 0 Å². The van der Waals surface area contributed by atoms with Gasteiger partial charge >= 0.3 is 5.97 Å². The average Bonchev–Trinajstić information content (AvgIpc) is 2.74. The third-order valence-corrected chi connectivity index (χ3v) is 3.51. The Labute approximate surface area is 122 Å². The molecular formula is C14H20N2O5. The molecule has 0 unspecified atom stereocenters. The second-order valence-electron chi connectivity index (χ2n) is 5.96. The lowest BCUT2D eigenvalue weighted by Crippen LogP contribution is -2.63. The normalized spacial score (nSPS) is 16.9. The molecule has 21 heavy (non-hydrogen) atoms. The molecule has 0 radical (unpaired) electrons. The summed E-state index contributed by atoms with van der Waals surface area (Å²) in [6.45, 7) is 7.77. The van der Waals surface area contributed by atoms with E-state index in [4.69, 9.17) is 14.4 Å². The molecule has 1 aromatic heterocycles. The van der Waals surface area contributed by atoms with Crippen LogP contribution in [0.15, 0.2) is 4.52 Å². The molecule has 1 amide bonds. The van der Waals surface area contributed by atoms with Crippen LogP contribution >= 0.6 is 0 Å². The number of carboxylic acids is 1. The van der Waals surface area contributed by atoms with Crippen LogP contribution in [0.5, 0.6) is 0 Å². The summed E-state index contributed by atoms with van der Waals surface area (Å²) in [6, 6.07) is 0. The van der Waals surface area contributed by atoms with Crippen molar-refractivity contribution in [3.8, 4) is 0 Å². The van der Waals surface area contributed by atoms with Crippen molar-refractivity contribution in [3.63, 3.8) is 0 Å². The summed E-state index contributed by atoms with van der Waals surface area (Å²) >= 11 is 0. The molecule has 2 heterocycles. The van der Waals surface area contributed by atoms with Gasteiger partial charge < -0.3 is 19.3 Å². The lowest BCUT2D eigenvalue weighted by Gasteiger charge is -2.47. The molecular weight excluding hydrogens is 276 g/mol. The number of ether oxygens (including phenoxy) is 1. The van der Waals surface area contributed by atoms with Crippen LogP contribution in [-0.2, 0) is 9.53 Å². The van der Waals surface area contributed by atoms with Crippen LogP contribution in [0.1, 0.15) is 48.5 Å². The van der Waals surface area contributed by atoms with Crippen molar-refractivity contribution >= 4 is 11.9 Å². The van der Waals surface area contributed by atoms with E-state index in [1.54, 1.807) is 18.7 Å². The second-order valence-corrected chi connectivity index (χ2v) is 5.96. The van der Waals surface area contributed by atoms with Crippen molar-refractivity contribution in [2.75, 3.05) is 19.7 Å². The van der Waals surface area contributed by atoms with Gasteiger partial charge in [0, 0.05) is 5.92 Å². The SMILES string of the molecule is Cc1noc(C(C)C)c1C(=O)N1CC(C)(OCC(=O)O)C1. The van der Waals surface area contributed by atoms with Gasteiger partial charge in [-0.15, -0.1) is 0 Å². The van der Waals surface area contributed by atoms with Gasteiger partial charge in [0.25, 0.3) is 5.91 Å². The molecule has 1 saturated heterocycles. The van der Waals surface area contributed by atoms with E-state index in [1.807, 2.05) is 13.8 Å². The van der Waals surface area contributed by atoms with Gasteiger partial charge in [0.15, 0.2) is 5.76 Å². The zero-order valence-electron chi connectivity index (χ0n) is 12.7. The minimum absolute atomic E-state index is 0.0704. The fraction of sp³-hybridized carbons (Fsp3) is 0.643. The van der Waals surface area contributed by atoms with E-state index in [0.29, 0.717) is 30.1 Å². The van der Waals surface area contributed by atoms with Gasteiger partial charge in [-0.3, -0.25) is 4.79 Å². The predicted octanol–water partition coefficient (Wildman–Crippen LogP) is 1.42. The molecule has 1 N–H and O–H groups in total. The largest absolute Gasteiger partial charge is 0.480 e. The van der Waals surface area contributed by atoms with E-state index < -0.39 is 11.6 Å². The van der Waals surface area contributed by atoms with Crippen LogP contribution in [-0.4, -0.2) is 52.3 Å². The zero-order valence-corrected chi connectivity index (χ0v) is 12.7. The number of aryl methyl sites for hydroxylation is 1. The molecule has 0 aromatic carbocycles. The molecule has 7 heteroatoms. The van der Waals surface area contributed by atoms with Crippen molar-refractivity contribution in [2.45, 2.75) is 39.2 Å². The van der Waals surface area contributed by atoms with Gasteiger partial charge in [-0.05, 0) is 13.8 Å². The number of carbonyl (C=O) groups excluding carboxylic acids is 1. The van der Waals surface area contributed by atoms with E-state index in [-0.39, 0.29) is 18.4 Å². The van der Waals surface area contributed by atoms with E-state index in [9.17, 15) is 9.59 Å². The molecule has 0 bridgehead atoms. The summed E-state index contributed by atoms with van der Waals surface area (Å²) in [7, 11) is 0. The van der Waals surface area contributed by atoms with Crippen LogP contribution in [0.4, 0.5) is 0 Å². The van der Waals surface area contributed by atoms with Gasteiger partial charge in [-0.1, -0.05) is 19.0 Å². The first-order valence-electron chi connectivity index (χ1n) is 6.85. The highest BCUT2D eigenvalue weighted by Crippen LogP contribution is 2.30. The van der Waals surface area contributed by atoms with Gasteiger partial charge in [0.1, 0.15) is 17.8 Å². The first kappa shape index (κ1) is 15.5. The van der Waals surface area contributed by atoms with Crippen molar-refractivity contribution in [1.82, 2.24) is 10.1 Å². The molecule has 0 atom stereocenters. The fourth-order valence-corrected chi connectivity index (χ4v) is 2.43. The number of nitrogens with zero attached hydrogens (tertiary/aromatic N) is 2. The number of aromatic nitrogens is 1. The van der Waals surface area contributed by atoms with Gasteiger partial charge in [-0.25, -0.2) is 4.79 Å². The Morgan fingerprint density at radius 1 is 1.48 bits per heavy atom. The maximum Gasteiger partial charge on any atom is 0.329 e. The maximum absolute atomic E-state index is 12.5. The number of hydrogen-bond donors (Lipinski definition) is 1. The second kappa shape index (κ2) is 5.48. The number of likely N-dealkylation sites (tertiary alicyclic amines) is 1. The number of carboxylic acid groups (broad SMARTS) is 1. The monoisotopic (exact) mass is 296 g/mol. The summed E-state index contributed by atoms with van der Waals surface area (Å²) in [4.78, 5) is 24.7. The molecule has 7 nitrogen and oxygen atoms in total. The maximum atomic E-state index is 12.5. The Morgan fingerprint density at radius 2 is 2.10 bits per heavy atom. The molecule has 1 aliphatic rings. The molecule has 2 rings (SSSR count). The fourth-order valence-electron chi connectivity index (χ4n) is 2.43. The van der Waals surface area contributed by atoms with E-state index in [2.05, 4.69) is 5.16 Å². The summed E-state index contributed by atoms with van der Waals surface area (Å²) < 4.78 is 10.5. The molecule has 0 spiro atoms. The molecule has 1 aliphatic heterocycles. The number of carbonyl (C=O) groups is 2. The van der Waals surface area contributed by atoms with Crippen molar-refractivity contribution in [2.24, 2.45) is 0 Å². The molecule has 0 saturated carbocycles. The third kappa shape index (κ3) is 3.07. The number of hydrogen-bond acceptors (Lipinski definition) is 5. The van der Waals surface area contributed by atoms with Crippen molar-refractivity contribution < 1.29 is 24.0 Å². The minimum atomic E-state index is -1.02. The highest BCUT2D eigenvalue weighted by molar-refractivity contribution is 5.97. The Kier molecular flexibility index (Phi) is 4.04. The smallest absolute Gasteiger partial charge is 0.329 e. The highest BCUT2D eigenvalue weighted by Gasteiger charge is 2.44. The van der Waals surface area contributed by atoms with E-state index in [1.165, 1.54) is 0 Å². The molecule has 0 aliphatic carbocycles. The molecule has 1 fully saturated rings. The topological polar surface area (TPSA) is 92.9 Å². The van der Waals surface area contributed by atoms with Crippen molar-refractivity contribution in [1.29, 1.82) is 0 Å². The highest BCUT2D eigenvalue weighted by atomic mass is 16.5. The summed E-state index contributed by atoms with van der Waals surface area (Å²) in [5.41, 5.74) is 0.478. The quantitative estimate of drug-likeness (QED) is 0.883. The molecule has 116 valence electrons. The number of aliphatic carboxylic acids is 1. The standard InChI is InChI=1S/C14H20N2O5/c1-8(2)12-11(9(3)15-21-12)13(19)16-6-14(4,7-16)20-5-10(17)18/h8H,5-7H2,1-4H3,(H,17,18). The molecule has 1 aromatic rings. The van der Waals surface area contributed by atoms with Crippen LogP contribution in [0.3, 0.4) is 0 Å². The summed E-state index contributed by atoms with van der Waals surface area (Å²) in [5.74, 6) is -0.509. The minimum Gasteiger partial charge on any atom is -0.480 e. The Balaban J connectivity index is 2.04. The first-order chi connectivity index (χ1) is 9.73. The third-order valence-electron chi connectivity index (χ3n) is 3.51. The Bertz CT molecular complexity index is 558. The zero-order chi connectivity index (χ0) is 15.8. The lowest BCUT2D eigenvalue weighted by atomic mass is 9.94. The predicted molar refractivity (Wildman–Crippen MR) is 73.2 cm³/mol. The lowest BCUT2D eigenvalue weighted by molar-refractivity contribution is -0.159. The first-order valence-corrected chi connectivity index (χ1v) is 6.85. The van der Waals surface area contributed by atoms with Crippen LogP contribution in [0, 0.1) is 6.92 Å². The van der Waals surface area contributed by atoms with E-state index in [0.717, 1.165) is 0 Å². The van der Waals surface area contributed by atoms with E-state index >= 15 is 0 Å². The van der Waals surface area contributed by atoms with Gasteiger partial charge in [0.2, 0.25) is 0 Å². The number of amides is 1. The Hall–Kier alpha value is -1.89. The van der Waals surface area contributed by atoms with Gasteiger partial charge in [0.05, 0.1) is 18.8 Å². The Morgan fingerprint density at radius 3 is 2.62 bits per heavy atom. The van der Waals surface area contributed by atoms with Crippen LogP contribution < -0.4 is 0 Å². The van der Waals surface area contributed by atoms with Crippen molar-refractivity contribution in [3.05, 3.63) is 17.0 Å². The summed E-state index contributed by atoms with van der Waals surface area (Å²) in [5, 5.41) is 12.5. The number of rotatable bonds is 5. The summed E-state index contributed by atoms with van der Waals surface area (Å²) in [6.07, 6.45) is 0. The van der Waals surface area contributed by atoms with Crippen LogP contribution in [0.2, 0.25) is 0 Å².